The summed E-state index contributed by atoms with van der Waals surface area (Å²) in [6, 6.07) is 0. The number of alkyl halides is 3. The van der Waals surface area contributed by atoms with Crippen LogP contribution in [0.4, 0.5) is 13.2 Å². The molecule has 2 heterocycles. The van der Waals surface area contributed by atoms with Gasteiger partial charge in [-0.15, -0.1) is 0 Å². The van der Waals surface area contributed by atoms with Crippen molar-refractivity contribution in [3.63, 3.8) is 0 Å². The van der Waals surface area contributed by atoms with Crippen LogP contribution in [0.3, 0.4) is 0 Å². The minimum Gasteiger partial charge on any atom is -0.474 e. The van der Waals surface area contributed by atoms with E-state index in [1.54, 1.807) is 6.92 Å². The largest absolute Gasteiger partial charge is 0.474 e. The fraction of sp³-hybridized carbons (Fsp3) is 0.636. The number of nitrogens with zero attached hydrogens (tertiary/aromatic N) is 2. The molecule has 1 saturated heterocycles. The number of aromatic nitrogens is 2. The Balaban J connectivity index is 2.35. The molecule has 1 aromatic rings. The highest BCUT2D eigenvalue weighted by atomic mass is 32.2. The van der Waals surface area contributed by atoms with Crippen LogP contribution in [0.15, 0.2) is 11.4 Å². The van der Waals surface area contributed by atoms with Crippen LogP contribution in [0.2, 0.25) is 0 Å². The molecular weight excluding hydrogens is 327 g/mol. The number of ether oxygens (including phenoxy) is 2. The third kappa shape index (κ3) is 3.47. The van der Waals surface area contributed by atoms with E-state index in [4.69, 9.17) is 9.47 Å². The molecule has 0 amide bonds. The van der Waals surface area contributed by atoms with Gasteiger partial charge >= 0.3 is 6.18 Å². The minimum atomic E-state index is -4.77. The molecule has 7 nitrogen and oxygen atoms in total. The lowest BCUT2D eigenvalue weighted by Gasteiger charge is -2.38. The van der Waals surface area contributed by atoms with E-state index in [2.05, 4.69) is 9.97 Å². The van der Waals surface area contributed by atoms with Crippen LogP contribution in [0.25, 0.3) is 0 Å². The van der Waals surface area contributed by atoms with Gasteiger partial charge in [0.05, 0.1) is 6.61 Å². The van der Waals surface area contributed by atoms with Crippen molar-refractivity contribution < 1.29 is 31.1 Å². The van der Waals surface area contributed by atoms with Crippen LogP contribution < -0.4 is 9.46 Å². The first-order valence-corrected chi connectivity index (χ1v) is 7.70. The Labute approximate surface area is 124 Å². The predicted octanol–water partition coefficient (Wildman–Crippen LogP) is 0.961. The highest BCUT2D eigenvalue weighted by Crippen LogP contribution is 2.36. The molecule has 11 heteroatoms. The highest BCUT2D eigenvalue weighted by molar-refractivity contribution is 7.89. The molecule has 124 valence electrons. The third-order valence-electron chi connectivity index (χ3n) is 3.14. The number of hydrogen-bond donors (Lipinski definition) is 1. The lowest BCUT2D eigenvalue weighted by molar-refractivity contribution is -0.157. The average molecular weight is 341 g/mol. The van der Waals surface area contributed by atoms with Crippen LogP contribution in [0, 0.1) is 0 Å². The van der Waals surface area contributed by atoms with Gasteiger partial charge in [0.1, 0.15) is 17.8 Å². The maximum atomic E-state index is 12.9. The summed E-state index contributed by atoms with van der Waals surface area (Å²) >= 11 is 0. The molecular formula is C11H14F3N3O4S. The van der Waals surface area contributed by atoms with Gasteiger partial charge in [-0.05, 0) is 14.0 Å². The highest BCUT2D eigenvalue weighted by Gasteiger charge is 2.39. The zero-order valence-corrected chi connectivity index (χ0v) is 12.6. The quantitative estimate of drug-likeness (QED) is 0.803. The van der Waals surface area contributed by atoms with Crippen LogP contribution in [-0.2, 0) is 20.9 Å². The molecule has 0 aliphatic carbocycles. The third-order valence-corrected chi connectivity index (χ3v) is 4.36. The molecule has 1 aromatic heterocycles. The molecule has 0 spiro atoms. The maximum Gasteiger partial charge on any atom is 0.423 e. The van der Waals surface area contributed by atoms with E-state index < -0.39 is 38.4 Å². The molecule has 1 aliphatic heterocycles. The van der Waals surface area contributed by atoms with Crippen molar-refractivity contribution in [2.45, 2.75) is 30.3 Å². The first kappa shape index (κ1) is 16.9. The minimum absolute atomic E-state index is 0.174. The summed E-state index contributed by atoms with van der Waals surface area (Å²) in [4.78, 5) is 6.62. The molecule has 1 N–H and O–H groups in total. The molecule has 0 saturated carbocycles. The van der Waals surface area contributed by atoms with Crippen molar-refractivity contribution in [2.75, 3.05) is 20.3 Å². The first-order valence-electron chi connectivity index (χ1n) is 6.22. The fourth-order valence-electron chi connectivity index (χ4n) is 1.66. The van der Waals surface area contributed by atoms with Gasteiger partial charge in [-0.2, -0.15) is 18.2 Å². The number of nitrogens with one attached hydrogen (secondary N) is 1. The number of sulfonamides is 1. The van der Waals surface area contributed by atoms with E-state index in [9.17, 15) is 21.6 Å². The van der Waals surface area contributed by atoms with Crippen LogP contribution >= 0.6 is 0 Å². The lowest BCUT2D eigenvalue weighted by atomic mass is 9.99. The molecule has 1 atom stereocenters. The van der Waals surface area contributed by atoms with E-state index >= 15 is 0 Å². The maximum absolute atomic E-state index is 12.9. The standard InChI is InChI=1S/C11H14F3N3O4S/c1-10(3-4-21-10)6-20-8-7(11(12,13)14)5-16-9(17-8)22(18,19)15-2/h5,15H,3-4,6H2,1-2H3. The molecule has 2 rings (SSSR count). The first-order chi connectivity index (χ1) is 10.1. The number of rotatable bonds is 5. The second-order valence-electron chi connectivity index (χ2n) is 4.91. The monoisotopic (exact) mass is 341 g/mol. The zero-order chi connectivity index (χ0) is 16.6. The SMILES string of the molecule is CNS(=O)(=O)c1ncc(C(F)(F)F)c(OCC2(C)CCO2)n1. The van der Waals surface area contributed by atoms with Crippen LogP contribution in [0.1, 0.15) is 18.9 Å². The predicted molar refractivity (Wildman–Crippen MR) is 67.7 cm³/mol. The van der Waals surface area contributed by atoms with Crippen LogP contribution in [-0.4, -0.2) is 44.2 Å². The molecule has 22 heavy (non-hydrogen) atoms. The van der Waals surface area contributed by atoms with Gasteiger partial charge in [0.25, 0.3) is 15.2 Å². The molecule has 0 aromatic carbocycles. The average Bonchev–Trinajstić information content (AvgIpc) is 2.41. The summed E-state index contributed by atoms with van der Waals surface area (Å²) in [6.07, 6.45) is -3.75. The normalized spacial score (nSPS) is 22.2. The summed E-state index contributed by atoms with van der Waals surface area (Å²) in [5.41, 5.74) is -1.94. The van der Waals surface area contributed by atoms with Gasteiger partial charge in [-0.3, -0.25) is 0 Å². The van der Waals surface area contributed by atoms with Crippen LogP contribution in [0.5, 0.6) is 5.88 Å². The van der Waals surface area contributed by atoms with Crippen molar-refractivity contribution in [1.82, 2.24) is 14.7 Å². The van der Waals surface area contributed by atoms with E-state index in [0.717, 1.165) is 7.05 Å². The Morgan fingerprint density at radius 2 is 2.14 bits per heavy atom. The molecule has 0 bridgehead atoms. The zero-order valence-electron chi connectivity index (χ0n) is 11.8. The summed E-state index contributed by atoms with van der Waals surface area (Å²) in [5, 5.41) is -0.794. The summed E-state index contributed by atoms with van der Waals surface area (Å²) in [5.74, 6) is -0.840. The fourth-order valence-corrected chi connectivity index (χ4v) is 2.24. The Morgan fingerprint density at radius 3 is 2.59 bits per heavy atom. The van der Waals surface area contributed by atoms with Gasteiger partial charge in [-0.25, -0.2) is 18.1 Å². The van der Waals surface area contributed by atoms with E-state index in [1.807, 2.05) is 4.72 Å². The Bertz CT molecular complexity index is 659. The summed E-state index contributed by atoms with van der Waals surface area (Å²) < 4.78 is 74.1. The lowest BCUT2D eigenvalue weighted by Crippen LogP contribution is -2.46. The van der Waals surface area contributed by atoms with Crippen molar-refractivity contribution >= 4 is 10.0 Å². The van der Waals surface area contributed by atoms with Gasteiger partial charge < -0.3 is 9.47 Å². The number of hydrogen-bond acceptors (Lipinski definition) is 6. The molecule has 0 radical (unpaired) electrons. The summed E-state index contributed by atoms with van der Waals surface area (Å²) in [7, 11) is -2.98. The van der Waals surface area contributed by atoms with E-state index in [1.165, 1.54) is 0 Å². The molecule has 1 unspecified atom stereocenters. The van der Waals surface area contributed by atoms with Crippen molar-refractivity contribution in [1.29, 1.82) is 0 Å². The van der Waals surface area contributed by atoms with Crippen molar-refractivity contribution in [3.05, 3.63) is 11.8 Å². The second kappa shape index (κ2) is 5.63. The van der Waals surface area contributed by atoms with Gasteiger partial charge in [0.15, 0.2) is 0 Å². The number of halogens is 3. The van der Waals surface area contributed by atoms with Gasteiger partial charge in [-0.1, -0.05) is 0 Å². The summed E-state index contributed by atoms with van der Waals surface area (Å²) in [6.45, 7) is 2.00. The van der Waals surface area contributed by atoms with Gasteiger partial charge in [0, 0.05) is 12.6 Å². The second-order valence-corrected chi connectivity index (χ2v) is 6.69. The topological polar surface area (TPSA) is 90.4 Å². The smallest absolute Gasteiger partial charge is 0.423 e. The van der Waals surface area contributed by atoms with Gasteiger partial charge in [0.2, 0.25) is 5.88 Å². The van der Waals surface area contributed by atoms with Crippen molar-refractivity contribution in [3.8, 4) is 5.88 Å². The van der Waals surface area contributed by atoms with Crippen molar-refractivity contribution in [2.24, 2.45) is 0 Å². The Kier molecular flexibility index (Phi) is 4.33. The molecule has 1 aliphatic rings. The van der Waals surface area contributed by atoms with E-state index in [0.29, 0.717) is 19.2 Å². The van der Waals surface area contributed by atoms with E-state index in [-0.39, 0.29) is 6.61 Å². The Hall–Kier alpha value is -1.46. The Morgan fingerprint density at radius 1 is 1.50 bits per heavy atom. The molecule has 1 fully saturated rings.